The van der Waals surface area contributed by atoms with Crippen molar-refractivity contribution in [3.63, 3.8) is 0 Å². The van der Waals surface area contributed by atoms with Crippen molar-refractivity contribution >= 4 is 17.5 Å². The number of Topliss-reactive ketones (excluding diaryl/α,β-unsaturated/α-hetero) is 1. The van der Waals surface area contributed by atoms with Gasteiger partial charge in [0.1, 0.15) is 5.76 Å². The van der Waals surface area contributed by atoms with Gasteiger partial charge in [-0.1, -0.05) is 6.92 Å². The number of aliphatic hydroxyl groups excluding tert-OH is 1. The minimum Gasteiger partial charge on any atom is -0.511 e. The first-order valence-corrected chi connectivity index (χ1v) is 4.43. The van der Waals surface area contributed by atoms with Gasteiger partial charge in [-0.2, -0.15) is 0 Å². The number of carbonyl (C=O) groups is 1. The van der Waals surface area contributed by atoms with Crippen LogP contribution in [-0.2, 0) is 4.79 Å². The van der Waals surface area contributed by atoms with Gasteiger partial charge < -0.3 is 5.11 Å². The Morgan fingerprint density at radius 1 is 1.60 bits per heavy atom. The van der Waals surface area contributed by atoms with Gasteiger partial charge >= 0.3 is 0 Å². The maximum atomic E-state index is 11.0. The van der Waals surface area contributed by atoms with E-state index in [1.807, 2.05) is 6.92 Å². The zero-order chi connectivity index (χ0) is 7.56. The number of carbonyl (C=O) groups excluding carboxylic acids is 1. The molecule has 0 unspecified atom stereocenters. The van der Waals surface area contributed by atoms with E-state index in [0.29, 0.717) is 23.5 Å². The van der Waals surface area contributed by atoms with E-state index in [1.54, 1.807) is 0 Å². The van der Waals surface area contributed by atoms with Crippen LogP contribution < -0.4 is 0 Å². The lowest BCUT2D eigenvalue weighted by atomic mass is 10.1. The van der Waals surface area contributed by atoms with Gasteiger partial charge in [0, 0.05) is 5.57 Å². The molecule has 1 aliphatic heterocycles. The number of allylic oxidation sites excluding steroid dienone is 1. The number of ketones is 1. The van der Waals surface area contributed by atoms with Crippen LogP contribution in [0, 0.1) is 0 Å². The van der Waals surface area contributed by atoms with Gasteiger partial charge in [0.2, 0.25) is 0 Å². The highest BCUT2D eigenvalue weighted by molar-refractivity contribution is 8.00. The summed E-state index contributed by atoms with van der Waals surface area (Å²) < 4.78 is 0. The van der Waals surface area contributed by atoms with Crippen molar-refractivity contribution in [1.29, 1.82) is 0 Å². The molecular weight excluding hydrogens is 148 g/mol. The highest BCUT2D eigenvalue weighted by Crippen LogP contribution is 2.20. The normalized spacial score (nSPS) is 19.9. The van der Waals surface area contributed by atoms with Crippen LogP contribution >= 0.6 is 11.8 Å². The fourth-order valence-corrected chi connectivity index (χ4v) is 1.81. The predicted octanol–water partition coefficient (Wildman–Crippen LogP) is 1.52. The first kappa shape index (κ1) is 7.66. The summed E-state index contributed by atoms with van der Waals surface area (Å²) in [6.45, 7) is 1.89. The smallest absolute Gasteiger partial charge is 0.172 e. The monoisotopic (exact) mass is 158 g/mol. The Morgan fingerprint density at radius 3 is 2.70 bits per heavy atom. The lowest BCUT2D eigenvalue weighted by Gasteiger charge is -2.12. The third-order valence-electron chi connectivity index (χ3n) is 1.51. The van der Waals surface area contributed by atoms with Crippen molar-refractivity contribution in [2.75, 3.05) is 11.5 Å². The minimum atomic E-state index is 0.0938. The number of hydrogen-bond donors (Lipinski definition) is 1. The number of hydrogen-bond acceptors (Lipinski definition) is 3. The molecule has 0 saturated heterocycles. The van der Waals surface area contributed by atoms with Crippen molar-refractivity contribution in [2.24, 2.45) is 0 Å². The Hall–Kier alpha value is -0.440. The van der Waals surface area contributed by atoms with Crippen LogP contribution in [0.15, 0.2) is 11.3 Å². The molecule has 0 amide bonds. The lowest BCUT2D eigenvalue weighted by Crippen LogP contribution is -2.14. The molecule has 0 aliphatic carbocycles. The Kier molecular flexibility index (Phi) is 2.38. The van der Waals surface area contributed by atoms with Crippen molar-refractivity contribution in [3.8, 4) is 0 Å². The van der Waals surface area contributed by atoms with E-state index in [1.165, 1.54) is 11.8 Å². The van der Waals surface area contributed by atoms with Crippen LogP contribution in [0.25, 0.3) is 0 Å². The quantitative estimate of drug-likeness (QED) is 0.628. The summed E-state index contributed by atoms with van der Waals surface area (Å²) in [5, 5.41) is 9.18. The molecule has 0 radical (unpaired) electrons. The summed E-state index contributed by atoms with van der Waals surface area (Å²) in [4.78, 5) is 11.0. The Labute approximate surface area is 64.3 Å². The van der Waals surface area contributed by atoms with Gasteiger partial charge in [-0.3, -0.25) is 4.79 Å². The molecule has 2 nitrogen and oxygen atoms in total. The van der Waals surface area contributed by atoms with Crippen molar-refractivity contribution in [3.05, 3.63) is 11.3 Å². The molecular formula is C7H10O2S. The number of thioether (sulfide) groups is 1. The van der Waals surface area contributed by atoms with Crippen LogP contribution in [0.5, 0.6) is 0 Å². The molecule has 1 aliphatic rings. The van der Waals surface area contributed by atoms with Crippen molar-refractivity contribution < 1.29 is 9.90 Å². The molecule has 1 rings (SSSR count). The number of rotatable bonds is 1. The van der Waals surface area contributed by atoms with Gasteiger partial charge in [0.25, 0.3) is 0 Å². The van der Waals surface area contributed by atoms with E-state index < -0.39 is 0 Å². The number of aliphatic hydroxyl groups is 1. The highest BCUT2D eigenvalue weighted by Gasteiger charge is 2.17. The summed E-state index contributed by atoms with van der Waals surface area (Å²) in [6, 6.07) is 0. The third-order valence-corrected chi connectivity index (χ3v) is 2.45. The van der Waals surface area contributed by atoms with Gasteiger partial charge in [-0.05, 0) is 6.42 Å². The van der Waals surface area contributed by atoms with Crippen molar-refractivity contribution in [2.45, 2.75) is 13.3 Å². The second-order valence-electron chi connectivity index (χ2n) is 2.19. The maximum Gasteiger partial charge on any atom is 0.172 e. The van der Waals surface area contributed by atoms with Crippen LogP contribution in [0.3, 0.4) is 0 Å². The Balaban J connectivity index is 2.84. The third kappa shape index (κ3) is 1.34. The van der Waals surface area contributed by atoms with Crippen LogP contribution in [0.2, 0.25) is 0 Å². The molecule has 1 N–H and O–H groups in total. The molecule has 0 spiro atoms. The average Bonchev–Trinajstić information content (AvgIpc) is 1.88. The molecule has 1 heterocycles. The van der Waals surface area contributed by atoms with E-state index in [0.717, 1.165) is 0 Å². The van der Waals surface area contributed by atoms with E-state index in [2.05, 4.69) is 0 Å². The topological polar surface area (TPSA) is 37.3 Å². The van der Waals surface area contributed by atoms with E-state index in [9.17, 15) is 9.90 Å². The fraction of sp³-hybridized carbons (Fsp3) is 0.571. The summed E-state index contributed by atoms with van der Waals surface area (Å²) in [6.07, 6.45) is 0.658. The highest BCUT2D eigenvalue weighted by atomic mass is 32.2. The molecule has 0 atom stereocenters. The van der Waals surface area contributed by atoms with Crippen LogP contribution in [0.1, 0.15) is 13.3 Å². The summed E-state index contributed by atoms with van der Waals surface area (Å²) in [7, 11) is 0. The second kappa shape index (κ2) is 3.10. The summed E-state index contributed by atoms with van der Waals surface area (Å²) in [5.74, 6) is 1.52. The molecule has 10 heavy (non-hydrogen) atoms. The second-order valence-corrected chi connectivity index (χ2v) is 3.18. The SMILES string of the molecule is CCC1=C(O)CSCC1=O. The average molecular weight is 158 g/mol. The maximum absolute atomic E-state index is 11.0. The first-order chi connectivity index (χ1) is 4.75. The van der Waals surface area contributed by atoms with E-state index in [4.69, 9.17) is 0 Å². The van der Waals surface area contributed by atoms with E-state index >= 15 is 0 Å². The van der Waals surface area contributed by atoms with Crippen LogP contribution in [0.4, 0.5) is 0 Å². The van der Waals surface area contributed by atoms with Gasteiger partial charge in [-0.15, -0.1) is 11.8 Å². The summed E-state index contributed by atoms with van der Waals surface area (Å²) in [5.41, 5.74) is 0.624. The molecule has 3 heteroatoms. The zero-order valence-electron chi connectivity index (χ0n) is 5.89. The molecule has 56 valence electrons. The largest absolute Gasteiger partial charge is 0.511 e. The molecule has 0 saturated carbocycles. The molecule has 0 bridgehead atoms. The molecule has 0 aromatic heterocycles. The van der Waals surface area contributed by atoms with E-state index in [-0.39, 0.29) is 11.5 Å². The standard InChI is InChI=1S/C7H10O2S/c1-2-5-6(8)3-10-4-7(5)9/h8H,2-4H2,1H3. The zero-order valence-corrected chi connectivity index (χ0v) is 6.70. The predicted molar refractivity (Wildman–Crippen MR) is 42.3 cm³/mol. The van der Waals surface area contributed by atoms with Gasteiger partial charge in [0.15, 0.2) is 5.78 Å². The molecule has 0 aromatic rings. The van der Waals surface area contributed by atoms with Gasteiger partial charge in [0.05, 0.1) is 11.5 Å². The molecule has 0 fully saturated rings. The first-order valence-electron chi connectivity index (χ1n) is 3.27. The Bertz CT molecular complexity index is 184. The van der Waals surface area contributed by atoms with Crippen molar-refractivity contribution in [1.82, 2.24) is 0 Å². The molecule has 0 aromatic carbocycles. The van der Waals surface area contributed by atoms with Gasteiger partial charge in [-0.25, -0.2) is 0 Å². The minimum absolute atomic E-state index is 0.0938. The fourth-order valence-electron chi connectivity index (χ4n) is 0.977. The lowest BCUT2D eigenvalue weighted by molar-refractivity contribution is -0.113. The Morgan fingerprint density at radius 2 is 2.30 bits per heavy atom. The summed E-state index contributed by atoms with van der Waals surface area (Å²) >= 11 is 1.47. The van der Waals surface area contributed by atoms with Crippen LogP contribution in [-0.4, -0.2) is 22.4 Å².